The van der Waals surface area contributed by atoms with Gasteiger partial charge in [-0.15, -0.1) is 0 Å². The highest BCUT2D eigenvalue weighted by atomic mass is 16.2. The van der Waals surface area contributed by atoms with Crippen molar-refractivity contribution < 1.29 is 9.59 Å². The lowest BCUT2D eigenvalue weighted by atomic mass is 10.1. The molecule has 0 unspecified atom stereocenters. The molecule has 0 spiro atoms. The molecule has 4 nitrogen and oxygen atoms in total. The van der Waals surface area contributed by atoms with Crippen LogP contribution in [0.15, 0.2) is 36.4 Å². The molecule has 118 valence electrons. The normalized spacial score (nSPS) is 16.8. The molecule has 0 radical (unpaired) electrons. The zero-order valence-electron chi connectivity index (χ0n) is 13.3. The first-order valence-corrected chi connectivity index (χ1v) is 7.89. The van der Waals surface area contributed by atoms with Crippen LogP contribution in [0.25, 0.3) is 0 Å². The number of carbonyl (C=O) groups is 2. The molecule has 2 amide bonds. The van der Waals surface area contributed by atoms with Crippen LogP contribution in [0, 0.1) is 11.8 Å². The van der Waals surface area contributed by atoms with Crippen molar-refractivity contribution in [3.05, 3.63) is 36.4 Å². The van der Waals surface area contributed by atoms with Crippen LogP contribution >= 0.6 is 0 Å². The summed E-state index contributed by atoms with van der Waals surface area (Å²) in [4.78, 5) is 23.6. The van der Waals surface area contributed by atoms with Gasteiger partial charge in [-0.05, 0) is 48.9 Å². The first kappa shape index (κ1) is 16.3. The number of rotatable bonds is 6. The number of nitrogens with one attached hydrogen (secondary N) is 2. The summed E-state index contributed by atoms with van der Waals surface area (Å²) >= 11 is 0. The molecule has 0 fully saturated rings. The number of hydrogen-bond donors (Lipinski definition) is 2. The third-order valence-electron chi connectivity index (χ3n) is 3.61. The first-order valence-electron chi connectivity index (χ1n) is 7.89. The van der Waals surface area contributed by atoms with Gasteiger partial charge in [-0.25, -0.2) is 0 Å². The Morgan fingerprint density at radius 1 is 1.09 bits per heavy atom. The monoisotopic (exact) mass is 300 g/mol. The lowest BCUT2D eigenvalue weighted by Crippen LogP contribution is -2.15. The predicted molar refractivity (Wildman–Crippen MR) is 89.6 cm³/mol. The standard InChI is InChI=1S/C18H24N2O2/c1-13(2)11-17(21)19-15-7-9-16(10-8-15)20-18(22)12-14-5-3-4-6-14/h3,5,7-10,13-14H,4,6,11-12H2,1-2H3,(H,19,21)(H,20,22)/t14-/m0/s1. The third kappa shape index (κ3) is 5.35. The maximum absolute atomic E-state index is 11.9. The molecule has 0 aliphatic heterocycles. The lowest BCUT2D eigenvalue weighted by molar-refractivity contribution is -0.117. The quantitative estimate of drug-likeness (QED) is 0.781. The van der Waals surface area contributed by atoms with E-state index in [2.05, 4.69) is 22.8 Å². The van der Waals surface area contributed by atoms with Crippen LogP contribution < -0.4 is 10.6 Å². The highest BCUT2D eigenvalue weighted by Crippen LogP contribution is 2.21. The topological polar surface area (TPSA) is 58.2 Å². The molecule has 0 saturated carbocycles. The minimum Gasteiger partial charge on any atom is -0.326 e. The Balaban J connectivity index is 1.82. The van der Waals surface area contributed by atoms with E-state index in [1.54, 1.807) is 0 Å². The maximum Gasteiger partial charge on any atom is 0.224 e. The van der Waals surface area contributed by atoms with E-state index in [1.807, 2.05) is 38.1 Å². The van der Waals surface area contributed by atoms with E-state index >= 15 is 0 Å². The fourth-order valence-corrected chi connectivity index (χ4v) is 2.54. The van der Waals surface area contributed by atoms with E-state index in [-0.39, 0.29) is 11.8 Å². The van der Waals surface area contributed by atoms with Crippen LogP contribution in [0.5, 0.6) is 0 Å². The molecule has 1 aromatic carbocycles. The van der Waals surface area contributed by atoms with Crippen molar-refractivity contribution in [1.29, 1.82) is 0 Å². The van der Waals surface area contributed by atoms with Crippen LogP contribution in [-0.2, 0) is 9.59 Å². The van der Waals surface area contributed by atoms with Crippen LogP contribution in [-0.4, -0.2) is 11.8 Å². The Morgan fingerprint density at radius 2 is 1.68 bits per heavy atom. The molecule has 2 rings (SSSR count). The molecule has 0 aromatic heterocycles. The summed E-state index contributed by atoms with van der Waals surface area (Å²) in [6, 6.07) is 7.24. The Kier molecular flexibility index (Phi) is 5.75. The summed E-state index contributed by atoms with van der Waals surface area (Å²) in [5.41, 5.74) is 1.51. The summed E-state index contributed by atoms with van der Waals surface area (Å²) in [6.45, 7) is 4.02. The Hall–Kier alpha value is -2.10. The summed E-state index contributed by atoms with van der Waals surface area (Å²) in [7, 11) is 0. The second-order valence-corrected chi connectivity index (χ2v) is 6.24. The smallest absolute Gasteiger partial charge is 0.224 e. The number of carbonyl (C=O) groups excluding carboxylic acids is 2. The van der Waals surface area contributed by atoms with E-state index in [4.69, 9.17) is 0 Å². The summed E-state index contributed by atoms with van der Waals surface area (Å²) in [5.74, 6) is 0.755. The van der Waals surface area contributed by atoms with Gasteiger partial charge in [0.25, 0.3) is 0 Å². The Morgan fingerprint density at radius 3 is 2.18 bits per heavy atom. The van der Waals surface area contributed by atoms with Gasteiger partial charge in [0.15, 0.2) is 0 Å². The molecule has 1 atom stereocenters. The number of anilines is 2. The highest BCUT2D eigenvalue weighted by Gasteiger charge is 2.14. The highest BCUT2D eigenvalue weighted by molar-refractivity contribution is 5.93. The second kappa shape index (κ2) is 7.78. The van der Waals surface area contributed by atoms with E-state index in [0.29, 0.717) is 24.7 Å². The van der Waals surface area contributed by atoms with Crippen LogP contribution in [0.3, 0.4) is 0 Å². The molecule has 22 heavy (non-hydrogen) atoms. The van der Waals surface area contributed by atoms with Crippen molar-refractivity contribution in [2.24, 2.45) is 11.8 Å². The zero-order chi connectivity index (χ0) is 15.9. The molecule has 0 heterocycles. The molecule has 1 aromatic rings. The van der Waals surface area contributed by atoms with Gasteiger partial charge >= 0.3 is 0 Å². The third-order valence-corrected chi connectivity index (χ3v) is 3.61. The van der Waals surface area contributed by atoms with E-state index in [1.165, 1.54) is 0 Å². The molecular formula is C18H24N2O2. The van der Waals surface area contributed by atoms with Gasteiger partial charge in [-0.3, -0.25) is 9.59 Å². The van der Waals surface area contributed by atoms with Gasteiger partial charge in [-0.2, -0.15) is 0 Å². The summed E-state index contributed by atoms with van der Waals surface area (Å²) < 4.78 is 0. The fourth-order valence-electron chi connectivity index (χ4n) is 2.54. The zero-order valence-corrected chi connectivity index (χ0v) is 13.3. The number of benzene rings is 1. The SMILES string of the molecule is CC(C)CC(=O)Nc1ccc(NC(=O)C[C@H]2C=CCC2)cc1. The minimum atomic E-state index is 0.0137. The first-order chi connectivity index (χ1) is 10.5. The van der Waals surface area contributed by atoms with E-state index in [9.17, 15) is 9.59 Å². The van der Waals surface area contributed by atoms with Crippen molar-refractivity contribution in [3.8, 4) is 0 Å². The van der Waals surface area contributed by atoms with Gasteiger partial charge < -0.3 is 10.6 Å². The molecule has 2 N–H and O–H groups in total. The second-order valence-electron chi connectivity index (χ2n) is 6.24. The minimum absolute atomic E-state index is 0.0137. The van der Waals surface area contributed by atoms with Crippen LogP contribution in [0.1, 0.15) is 39.5 Å². The van der Waals surface area contributed by atoms with Gasteiger partial charge in [0, 0.05) is 24.2 Å². The summed E-state index contributed by atoms with van der Waals surface area (Å²) in [5, 5.41) is 5.75. The van der Waals surface area contributed by atoms with Crippen LogP contribution in [0.2, 0.25) is 0 Å². The van der Waals surface area contributed by atoms with Gasteiger partial charge in [0.1, 0.15) is 0 Å². The van der Waals surface area contributed by atoms with Crippen molar-refractivity contribution in [2.45, 2.75) is 39.5 Å². The lowest BCUT2D eigenvalue weighted by Gasteiger charge is -2.10. The molecule has 0 saturated heterocycles. The van der Waals surface area contributed by atoms with Gasteiger partial charge in [0.05, 0.1) is 0 Å². The number of allylic oxidation sites excluding steroid dienone is 2. The van der Waals surface area contributed by atoms with Crippen molar-refractivity contribution in [2.75, 3.05) is 10.6 Å². The van der Waals surface area contributed by atoms with E-state index in [0.717, 1.165) is 24.2 Å². The Labute approximate surface area is 132 Å². The molecular weight excluding hydrogens is 276 g/mol. The molecule has 0 bridgehead atoms. The number of amides is 2. The molecule has 1 aliphatic rings. The largest absolute Gasteiger partial charge is 0.326 e. The molecule has 1 aliphatic carbocycles. The Bertz CT molecular complexity index is 547. The predicted octanol–water partition coefficient (Wildman–Crippen LogP) is 3.97. The van der Waals surface area contributed by atoms with Crippen LogP contribution in [0.4, 0.5) is 11.4 Å². The fraction of sp³-hybridized carbons (Fsp3) is 0.444. The van der Waals surface area contributed by atoms with Crippen molar-refractivity contribution in [3.63, 3.8) is 0 Å². The average molecular weight is 300 g/mol. The number of hydrogen-bond acceptors (Lipinski definition) is 2. The van der Waals surface area contributed by atoms with Crippen molar-refractivity contribution >= 4 is 23.2 Å². The van der Waals surface area contributed by atoms with Gasteiger partial charge in [-0.1, -0.05) is 26.0 Å². The van der Waals surface area contributed by atoms with Crippen molar-refractivity contribution in [1.82, 2.24) is 0 Å². The van der Waals surface area contributed by atoms with E-state index < -0.39 is 0 Å². The average Bonchev–Trinajstić information content (AvgIpc) is 2.92. The molecule has 4 heteroatoms. The maximum atomic E-state index is 11.9. The summed E-state index contributed by atoms with van der Waals surface area (Å²) in [6.07, 6.45) is 7.42. The van der Waals surface area contributed by atoms with Gasteiger partial charge in [0.2, 0.25) is 11.8 Å².